The third-order valence-corrected chi connectivity index (χ3v) is 12.1. The van der Waals surface area contributed by atoms with Crippen LogP contribution < -0.4 is 0 Å². The minimum atomic E-state index is -0.605. The second kappa shape index (κ2) is 9.18. The van der Waals surface area contributed by atoms with Gasteiger partial charge in [-0.1, -0.05) is 31.9 Å². The predicted molar refractivity (Wildman–Crippen MR) is 140 cm³/mol. The lowest BCUT2D eigenvalue weighted by Crippen LogP contribution is -2.55. The van der Waals surface area contributed by atoms with Crippen LogP contribution >= 0.6 is 0 Å². The average molecular weight is 515 g/mol. The van der Waals surface area contributed by atoms with Crippen molar-refractivity contribution in [2.75, 3.05) is 13.7 Å². The zero-order valence-corrected chi connectivity index (χ0v) is 23.4. The second-order valence-corrected chi connectivity index (χ2v) is 13.7. The number of hydrogen-bond donors (Lipinski definition) is 1. The number of allylic oxidation sites excluding steroid dienone is 2. The highest BCUT2D eigenvalue weighted by atomic mass is 16.7. The summed E-state index contributed by atoms with van der Waals surface area (Å²) in [6.45, 7) is 9.97. The molecule has 206 valence electrons. The Hall–Kier alpha value is -1.21. The molecule has 6 aliphatic rings. The number of methoxy groups -OCH3 is 1. The number of hydrogen-bond acceptors (Lipinski definition) is 6. The molecule has 10 atom stereocenters. The first-order chi connectivity index (χ1) is 17.6. The summed E-state index contributed by atoms with van der Waals surface area (Å²) in [5.74, 6) is 0.957. The van der Waals surface area contributed by atoms with Crippen LogP contribution in [0.15, 0.2) is 22.8 Å². The number of cyclic esters (lactones) is 1. The summed E-state index contributed by atoms with van der Waals surface area (Å²) in [5, 5.41) is 10.3. The molecule has 0 unspecified atom stereocenters. The molecule has 0 amide bonds. The van der Waals surface area contributed by atoms with Crippen molar-refractivity contribution in [1.82, 2.24) is 0 Å². The topological polar surface area (TPSA) is 74.2 Å². The zero-order valence-electron chi connectivity index (χ0n) is 23.4. The van der Waals surface area contributed by atoms with Crippen molar-refractivity contribution in [3.05, 3.63) is 22.8 Å². The fourth-order valence-corrected chi connectivity index (χ4v) is 9.65. The maximum absolute atomic E-state index is 11.8. The molecular weight excluding hydrogens is 468 g/mol. The van der Waals surface area contributed by atoms with Crippen LogP contribution in [0.4, 0.5) is 0 Å². The molecule has 6 rings (SSSR count). The van der Waals surface area contributed by atoms with E-state index in [4.69, 9.17) is 18.9 Å². The summed E-state index contributed by atoms with van der Waals surface area (Å²) in [6, 6.07) is 0. The summed E-state index contributed by atoms with van der Waals surface area (Å²) in [5.41, 5.74) is 5.43. The number of fused-ring (bicyclic) bond motifs is 4. The van der Waals surface area contributed by atoms with Crippen molar-refractivity contribution in [1.29, 1.82) is 0 Å². The number of carbonyl (C=O) groups excluding carboxylic acids is 1. The van der Waals surface area contributed by atoms with Crippen molar-refractivity contribution in [3.8, 4) is 0 Å². The molecule has 0 aromatic heterocycles. The third-order valence-electron chi connectivity index (χ3n) is 12.1. The second-order valence-electron chi connectivity index (χ2n) is 13.7. The fraction of sp³-hybridized carbons (Fsp3) is 0.839. The summed E-state index contributed by atoms with van der Waals surface area (Å²) >= 11 is 0. The van der Waals surface area contributed by atoms with Crippen molar-refractivity contribution < 1.29 is 28.8 Å². The first kappa shape index (κ1) is 26.0. The Labute approximate surface area is 222 Å². The zero-order chi connectivity index (χ0) is 26.2. The van der Waals surface area contributed by atoms with Crippen LogP contribution in [0, 0.1) is 28.1 Å². The SMILES string of the molecule is CO[C@@H]1C[C@H](O[C@@H]2CC[C@]3(C)[C@@H]4CC[C@]5(C)C(=C4CC[C@]3(C)C2)CC[C@@H]5C2=CC(=O)OC2)O[C@@H](C)[C@H]1O. The van der Waals surface area contributed by atoms with Crippen LogP contribution in [-0.4, -0.2) is 55.5 Å². The molecule has 1 saturated heterocycles. The van der Waals surface area contributed by atoms with E-state index in [0.717, 1.165) is 19.3 Å². The first-order valence-corrected chi connectivity index (χ1v) is 14.7. The van der Waals surface area contributed by atoms with Gasteiger partial charge in [-0.25, -0.2) is 4.79 Å². The minimum Gasteiger partial charge on any atom is -0.458 e. The Morgan fingerprint density at radius 1 is 1.05 bits per heavy atom. The lowest BCUT2D eigenvalue weighted by molar-refractivity contribution is -0.273. The van der Waals surface area contributed by atoms with Crippen molar-refractivity contribution in [3.63, 3.8) is 0 Å². The Morgan fingerprint density at radius 2 is 1.86 bits per heavy atom. The molecule has 6 heteroatoms. The average Bonchev–Trinajstić information content (AvgIpc) is 3.44. The fourth-order valence-electron chi connectivity index (χ4n) is 9.65. The Bertz CT molecular complexity index is 1000. The van der Waals surface area contributed by atoms with Gasteiger partial charge in [-0.2, -0.15) is 0 Å². The van der Waals surface area contributed by atoms with Crippen LogP contribution in [-0.2, 0) is 23.7 Å². The smallest absolute Gasteiger partial charge is 0.331 e. The quantitative estimate of drug-likeness (QED) is 0.304. The maximum Gasteiger partial charge on any atom is 0.331 e. The van der Waals surface area contributed by atoms with E-state index in [1.165, 1.54) is 44.1 Å². The molecule has 4 aliphatic carbocycles. The number of aliphatic hydroxyl groups is 1. The molecule has 0 aromatic carbocycles. The molecule has 2 heterocycles. The number of carbonyl (C=O) groups is 1. The first-order valence-electron chi connectivity index (χ1n) is 14.7. The monoisotopic (exact) mass is 514 g/mol. The Balaban J connectivity index is 1.19. The van der Waals surface area contributed by atoms with Crippen LogP contribution in [0.2, 0.25) is 0 Å². The molecule has 0 radical (unpaired) electrons. The number of esters is 1. The number of rotatable bonds is 4. The van der Waals surface area contributed by atoms with E-state index in [9.17, 15) is 9.90 Å². The van der Waals surface area contributed by atoms with Gasteiger partial charge in [-0.05, 0) is 98.4 Å². The van der Waals surface area contributed by atoms with Gasteiger partial charge in [0.25, 0.3) is 0 Å². The van der Waals surface area contributed by atoms with Gasteiger partial charge in [-0.3, -0.25) is 0 Å². The van der Waals surface area contributed by atoms with E-state index in [1.54, 1.807) is 24.3 Å². The van der Waals surface area contributed by atoms with Crippen LogP contribution in [0.25, 0.3) is 0 Å². The van der Waals surface area contributed by atoms with Crippen molar-refractivity contribution >= 4 is 5.97 Å². The molecule has 0 spiro atoms. The van der Waals surface area contributed by atoms with E-state index < -0.39 is 6.10 Å². The maximum atomic E-state index is 11.8. The number of aliphatic hydroxyl groups excluding tert-OH is 1. The van der Waals surface area contributed by atoms with Crippen LogP contribution in [0.1, 0.15) is 91.9 Å². The molecule has 4 fully saturated rings. The van der Waals surface area contributed by atoms with Crippen LogP contribution in [0.5, 0.6) is 0 Å². The summed E-state index contributed by atoms with van der Waals surface area (Å²) in [4.78, 5) is 11.8. The normalized spacial score (nSPS) is 49.7. The van der Waals surface area contributed by atoms with Gasteiger partial charge in [0.05, 0.1) is 18.3 Å². The van der Waals surface area contributed by atoms with Gasteiger partial charge in [0.2, 0.25) is 0 Å². The summed E-state index contributed by atoms with van der Waals surface area (Å²) < 4.78 is 23.4. The summed E-state index contributed by atoms with van der Waals surface area (Å²) in [7, 11) is 1.66. The number of ether oxygens (including phenoxy) is 4. The highest BCUT2D eigenvalue weighted by Crippen LogP contribution is 2.69. The lowest BCUT2D eigenvalue weighted by Gasteiger charge is -2.62. The summed E-state index contributed by atoms with van der Waals surface area (Å²) in [6.07, 6.45) is 11.6. The van der Waals surface area contributed by atoms with Crippen LogP contribution in [0.3, 0.4) is 0 Å². The van der Waals surface area contributed by atoms with E-state index in [2.05, 4.69) is 20.8 Å². The van der Waals surface area contributed by atoms with Gasteiger partial charge in [0.15, 0.2) is 6.29 Å². The van der Waals surface area contributed by atoms with Gasteiger partial charge >= 0.3 is 5.97 Å². The van der Waals surface area contributed by atoms with Gasteiger partial charge < -0.3 is 24.1 Å². The van der Waals surface area contributed by atoms with E-state index in [0.29, 0.717) is 24.9 Å². The third kappa shape index (κ3) is 3.99. The Kier molecular flexibility index (Phi) is 6.46. The van der Waals surface area contributed by atoms with Crippen molar-refractivity contribution in [2.45, 2.75) is 123 Å². The van der Waals surface area contributed by atoms with Gasteiger partial charge in [0.1, 0.15) is 12.7 Å². The molecule has 1 N–H and O–H groups in total. The molecule has 6 nitrogen and oxygen atoms in total. The molecule has 0 bridgehead atoms. The van der Waals surface area contributed by atoms with Gasteiger partial charge in [0, 0.05) is 19.6 Å². The minimum absolute atomic E-state index is 0.157. The molecule has 2 aliphatic heterocycles. The highest BCUT2D eigenvalue weighted by molar-refractivity contribution is 5.85. The molecule has 37 heavy (non-hydrogen) atoms. The molecule has 0 aromatic rings. The Morgan fingerprint density at radius 3 is 2.59 bits per heavy atom. The van der Waals surface area contributed by atoms with E-state index in [-0.39, 0.29) is 46.8 Å². The molecular formula is C31H46O6. The van der Waals surface area contributed by atoms with Crippen molar-refractivity contribution in [2.24, 2.45) is 28.1 Å². The highest BCUT2D eigenvalue weighted by Gasteiger charge is 2.60. The molecule has 3 saturated carbocycles. The standard InChI is InChI=1S/C31H46O6/c1-18-28(33)25(34-5)15-27(36-18)37-20-8-13-31(4)24-10-12-30(3)22(19-14-26(32)35-17-19)6-7-23(30)21(24)9-11-29(31,2)16-20/h14,18,20,22,24-25,27-28,33H,6-13,15-17H2,1-5H3/t18-,20+,22+,24+,25+,27-,28+,29+,30-,31+/m0/s1. The van der Waals surface area contributed by atoms with Gasteiger partial charge in [-0.15, -0.1) is 0 Å². The van der Waals surface area contributed by atoms with E-state index >= 15 is 0 Å². The predicted octanol–water partition coefficient (Wildman–Crippen LogP) is 5.48. The largest absolute Gasteiger partial charge is 0.458 e. The lowest BCUT2D eigenvalue weighted by atomic mass is 9.43. The van der Waals surface area contributed by atoms with E-state index in [1.807, 2.05) is 6.92 Å².